The van der Waals surface area contributed by atoms with Crippen LogP contribution in [-0.4, -0.2) is 12.6 Å². The molecule has 104 valence electrons. The maximum absolute atomic E-state index is 11.8. The van der Waals surface area contributed by atoms with Gasteiger partial charge >= 0.3 is 5.97 Å². The predicted molar refractivity (Wildman–Crippen MR) is 75.8 cm³/mol. The van der Waals surface area contributed by atoms with Gasteiger partial charge in [-0.25, -0.2) is 0 Å². The van der Waals surface area contributed by atoms with Crippen LogP contribution in [0.3, 0.4) is 0 Å². The SMILES string of the molecule is CCOC(=O)CC1(N)CCC(C)(C)c2ccccc21. The van der Waals surface area contributed by atoms with E-state index in [2.05, 4.69) is 26.0 Å². The molecule has 0 bridgehead atoms. The zero-order valence-electron chi connectivity index (χ0n) is 12.0. The summed E-state index contributed by atoms with van der Waals surface area (Å²) in [5, 5.41) is 0. The second-order valence-electron chi connectivity index (χ2n) is 6.07. The van der Waals surface area contributed by atoms with Gasteiger partial charge in [-0.15, -0.1) is 0 Å². The molecule has 1 unspecified atom stereocenters. The highest BCUT2D eigenvalue weighted by Crippen LogP contribution is 2.44. The lowest BCUT2D eigenvalue weighted by Crippen LogP contribution is -2.46. The van der Waals surface area contributed by atoms with Gasteiger partial charge in [-0.2, -0.15) is 0 Å². The van der Waals surface area contributed by atoms with Gasteiger partial charge in [0, 0.05) is 0 Å². The molecule has 0 amide bonds. The van der Waals surface area contributed by atoms with Crippen LogP contribution in [0.15, 0.2) is 24.3 Å². The monoisotopic (exact) mass is 261 g/mol. The first-order valence-corrected chi connectivity index (χ1v) is 6.93. The quantitative estimate of drug-likeness (QED) is 0.851. The van der Waals surface area contributed by atoms with Gasteiger partial charge in [-0.05, 0) is 36.3 Å². The zero-order valence-corrected chi connectivity index (χ0v) is 12.0. The summed E-state index contributed by atoms with van der Waals surface area (Å²) in [5.74, 6) is -0.209. The van der Waals surface area contributed by atoms with E-state index in [4.69, 9.17) is 10.5 Å². The normalized spacial score (nSPS) is 24.6. The Balaban J connectivity index is 2.36. The number of fused-ring (bicyclic) bond motifs is 1. The Bertz CT molecular complexity index is 481. The predicted octanol–water partition coefficient (Wildman–Crippen LogP) is 2.87. The average Bonchev–Trinajstić information content (AvgIpc) is 2.36. The summed E-state index contributed by atoms with van der Waals surface area (Å²) in [5.41, 5.74) is 8.41. The summed E-state index contributed by atoms with van der Waals surface area (Å²) in [6, 6.07) is 8.21. The van der Waals surface area contributed by atoms with Gasteiger partial charge in [-0.3, -0.25) is 4.79 Å². The summed E-state index contributed by atoms with van der Waals surface area (Å²) < 4.78 is 5.06. The highest BCUT2D eigenvalue weighted by molar-refractivity contribution is 5.71. The molecule has 0 saturated carbocycles. The molecule has 0 aromatic heterocycles. The number of ether oxygens (including phenoxy) is 1. The lowest BCUT2D eigenvalue weighted by molar-refractivity contribution is -0.144. The Kier molecular flexibility index (Phi) is 3.68. The molecule has 1 aromatic carbocycles. The number of esters is 1. The fraction of sp³-hybridized carbons (Fsp3) is 0.562. The van der Waals surface area contributed by atoms with Crippen LogP contribution in [0.2, 0.25) is 0 Å². The Hall–Kier alpha value is -1.35. The summed E-state index contributed by atoms with van der Waals surface area (Å²) in [7, 11) is 0. The van der Waals surface area contributed by atoms with Crippen LogP contribution in [-0.2, 0) is 20.5 Å². The number of carbonyl (C=O) groups excluding carboxylic acids is 1. The minimum Gasteiger partial charge on any atom is -0.466 e. The molecule has 0 spiro atoms. The molecule has 1 aliphatic rings. The standard InChI is InChI=1S/C16H23NO2/c1-4-19-14(18)11-16(17)10-9-15(2,3)12-7-5-6-8-13(12)16/h5-8H,4,9-11,17H2,1-3H3. The number of carbonyl (C=O) groups is 1. The second kappa shape index (κ2) is 4.97. The molecule has 3 nitrogen and oxygen atoms in total. The van der Waals surface area contributed by atoms with Gasteiger partial charge in [0.2, 0.25) is 0 Å². The second-order valence-corrected chi connectivity index (χ2v) is 6.07. The fourth-order valence-electron chi connectivity index (χ4n) is 2.97. The highest BCUT2D eigenvalue weighted by atomic mass is 16.5. The van der Waals surface area contributed by atoms with Gasteiger partial charge in [0.15, 0.2) is 0 Å². The highest BCUT2D eigenvalue weighted by Gasteiger charge is 2.41. The molecule has 1 atom stereocenters. The molecule has 1 aromatic rings. The first kappa shape index (κ1) is 14.1. The van der Waals surface area contributed by atoms with Gasteiger partial charge in [0.05, 0.1) is 18.6 Å². The fourth-order valence-corrected chi connectivity index (χ4v) is 2.97. The molecule has 19 heavy (non-hydrogen) atoms. The van der Waals surface area contributed by atoms with E-state index in [9.17, 15) is 4.79 Å². The van der Waals surface area contributed by atoms with E-state index in [0.29, 0.717) is 6.61 Å². The largest absolute Gasteiger partial charge is 0.466 e. The van der Waals surface area contributed by atoms with E-state index >= 15 is 0 Å². The van der Waals surface area contributed by atoms with Crippen LogP contribution in [0.1, 0.15) is 51.2 Å². The number of rotatable bonds is 3. The summed E-state index contributed by atoms with van der Waals surface area (Å²) in [6.07, 6.45) is 2.06. The third-order valence-electron chi connectivity index (χ3n) is 4.15. The summed E-state index contributed by atoms with van der Waals surface area (Å²) in [4.78, 5) is 11.8. The third kappa shape index (κ3) is 2.66. The van der Waals surface area contributed by atoms with Crippen molar-refractivity contribution in [1.82, 2.24) is 0 Å². The molecule has 2 N–H and O–H groups in total. The van der Waals surface area contributed by atoms with E-state index in [-0.39, 0.29) is 17.8 Å². The maximum Gasteiger partial charge on any atom is 0.307 e. The molecule has 0 radical (unpaired) electrons. The Morgan fingerprint density at radius 3 is 2.53 bits per heavy atom. The molecule has 0 fully saturated rings. The first-order valence-electron chi connectivity index (χ1n) is 6.93. The van der Waals surface area contributed by atoms with Crippen molar-refractivity contribution in [2.75, 3.05) is 6.61 Å². The lowest BCUT2D eigenvalue weighted by Gasteiger charge is -2.42. The van der Waals surface area contributed by atoms with E-state index in [1.54, 1.807) is 0 Å². The van der Waals surface area contributed by atoms with Crippen molar-refractivity contribution in [1.29, 1.82) is 0 Å². The molecular formula is C16H23NO2. The van der Waals surface area contributed by atoms with Crippen LogP contribution in [0.5, 0.6) is 0 Å². The van der Waals surface area contributed by atoms with Crippen molar-refractivity contribution >= 4 is 5.97 Å². The number of hydrogen-bond acceptors (Lipinski definition) is 3. The first-order chi connectivity index (χ1) is 8.89. The van der Waals surface area contributed by atoms with Gasteiger partial charge < -0.3 is 10.5 Å². The van der Waals surface area contributed by atoms with Crippen molar-refractivity contribution in [3.63, 3.8) is 0 Å². The van der Waals surface area contributed by atoms with E-state index in [1.807, 2.05) is 19.1 Å². The smallest absolute Gasteiger partial charge is 0.307 e. The zero-order chi connectivity index (χ0) is 14.1. The van der Waals surface area contributed by atoms with Crippen molar-refractivity contribution in [2.45, 2.75) is 51.0 Å². The van der Waals surface area contributed by atoms with Gasteiger partial charge in [0.25, 0.3) is 0 Å². The van der Waals surface area contributed by atoms with Crippen molar-refractivity contribution < 1.29 is 9.53 Å². The lowest BCUT2D eigenvalue weighted by atomic mass is 9.65. The van der Waals surface area contributed by atoms with Gasteiger partial charge in [-0.1, -0.05) is 38.1 Å². The number of nitrogens with two attached hydrogens (primary N) is 1. The summed E-state index contributed by atoms with van der Waals surface area (Å²) >= 11 is 0. The van der Waals surface area contributed by atoms with Gasteiger partial charge in [0.1, 0.15) is 0 Å². The molecule has 0 heterocycles. The Morgan fingerprint density at radius 2 is 1.89 bits per heavy atom. The number of hydrogen-bond donors (Lipinski definition) is 1. The van der Waals surface area contributed by atoms with Crippen LogP contribution >= 0.6 is 0 Å². The Morgan fingerprint density at radius 1 is 1.26 bits per heavy atom. The van der Waals surface area contributed by atoms with Crippen LogP contribution < -0.4 is 5.73 Å². The summed E-state index contributed by atoms with van der Waals surface area (Å²) in [6.45, 7) is 6.69. The van der Waals surface area contributed by atoms with E-state index in [0.717, 1.165) is 18.4 Å². The molecule has 0 aliphatic heterocycles. The van der Waals surface area contributed by atoms with Crippen LogP contribution in [0, 0.1) is 0 Å². The molecular weight excluding hydrogens is 238 g/mol. The molecule has 2 rings (SSSR count). The van der Waals surface area contributed by atoms with E-state index in [1.165, 1.54) is 5.56 Å². The minimum atomic E-state index is -0.585. The minimum absolute atomic E-state index is 0.119. The Labute approximate surface area is 115 Å². The van der Waals surface area contributed by atoms with Crippen LogP contribution in [0.25, 0.3) is 0 Å². The maximum atomic E-state index is 11.8. The van der Waals surface area contributed by atoms with Crippen molar-refractivity contribution in [3.8, 4) is 0 Å². The van der Waals surface area contributed by atoms with Crippen molar-refractivity contribution in [3.05, 3.63) is 35.4 Å². The molecule has 3 heteroatoms. The number of benzene rings is 1. The average molecular weight is 261 g/mol. The van der Waals surface area contributed by atoms with E-state index < -0.39 is 5.54 Å². The van der Waals surface area contributed by atoms with Crippen LogP contribution in [0.4, 0.5) is 0 Å². The third-order valence-corrected chi connectivity index (χ3v) is 4.15. The molecule has 1 aliphatic carbocycles. The topological polar surface area (TPSA) is 52.3 Å². The van der Waals surface area contributed by atoms with Crippen molar-refractivity contribution in [2.24, 2.45) is 5.73 Å². The molecule has 0 saturated heterocycles.